The molecule has 0 amide bonds. The zero-order chi connectivity index (χ0) is 31.9. The molecule has 10 heteroatoms. The third-order valence-electron chi connectivity index (χ3n) is 8.00. The van der Waals surface area contributed by atoms with Gasteiger partial charge in [-0.25, -0.2) is 14.2 Å². The average Bonchev–Trinajstić information content (AvgIpc) is 3.22. The molecule has 3 aromatic rings. The third kappa shape index (κ3) is 8.18. The SMILES string of the molecule is C=C1C=C(CN2CCC(Cc3cccc(OCc4ccc(Cl)cc4F)n3)=C[C@@H](CO)C2)N(CCOC)c2cc(C(=O)O)ccc21. The second-order valence-corrected chi connectivity index (χ2v) is 11.7. The Bertz CT molecular complexity index is 1620. The van der Waals surface area contributed by atoms with Crippen LogP contribution < -0.4 is 9.64 Å². The minimum Gasteiger partial charge on any atom is -0.478 e. The van der Waals surface area contributed by atoms with E-state index in [1.54, 1.807) is 37.4 Å². The number of methoxy groups -OCH3 is 1. The number of hydrogen-bond donors (Lipinski definition) is 2. The van der Waals surface area contributed by atoms with Crippen LogP contribution in [0.5, 0.6) is 5.88 Å². The van der Waals surface area contributed by atoms with Crippen molar-refractivity contribution in [2.45, 2.75) is 19.4 Å². The number of allylic oxidation sites excluding steroid dienone is 2. The highest BCUT2D eigenvalue weighted by molar-refractivity contribution is 6.30. The highest BCUT2D eigenvalue weighted by Gasteiger charge is 2.26. The lowest BCUT2D eigenvalue weighted by Crippen LogP contribution is -2.39. The lowest BCUT2D eigenvalue weighted by atomic mass is 9.96. The second-order valence-electron chi connectivity index (χ2n) is 11.3. The number of ether oxygens (including phenoxy) is 2. The number of fused-ring (bicyclic) bond motifs is 1. The van der Waals surface area contributed by atoms with Crippen LogP contribution in [0.2, 0.25) is 5.02 Å². The summed E-state index contributed by atoms with van der Waals surface area (Å²) in [6.07, 6.45) is 5.58. The molecule has 2 aliphatic rings. The summed E-state index contributed by atoms with van der Waals surface area (Å²) in [5.41, 5.74) is 6.11. The fourth-order valence-corrected chi connectivity index (χ4v) is 5.89. The van der Waals surface area contributed by atoms with Gasteiger partial charge in [0.05, 0.1) is 18.8 Å². The number of halogens is 2. The van der Waals surface area contributed by atoms with Crippen LogP contribution in [0.1, 0.15) is 33.6 Å². The predicted octanol–water partition coefficient (Wildman–Crippen LogP) is 6.00. The lowest BCUT2D eigenvalue weighted by molar-refractivity contribution is 0.0697. The first-order valence-corrected chi connectivity index (χ1v) is 15.2. The average molecular weight is 634 g/mol. The van der Waals surface area contributed by atoms with Gasteiger partial charge in [-0.15, -0.1) is 0 Å². The Kier molecular flexibility index (Phi) is 10.7. The Morgan fingerprint density at radius 1 is 1.20 bits per heavy atom. The number of carboxylic acids is 1. The van der Waals surface area contributed by atoms with Crippen molar-refractivity contribution in [3.05, 3.63) is 118 Å². The molecule has 0 saturated heterocycles. The summed E-state index contributed by atoms with van der Waals surface area (Å²) in [6, 6.07) is 15.1. The third-order valence-corrected chi connectivity index (χ3v) is 8.24. The van der Waals surface area contributed by atoms with Crippen molar-refractivity contribution in [1.82, 2.24) is 9.88 Å². The van der Waals surface area contributed by atoms with Crippen molar-refractivity contribution in [1.29, 1.82) is 0 Å². The molecule has 0 bridgehead atoms. The van der Waals surface area contributed by atoms with Crippen LogP contribution in [-0.2, 0) is 17.8 Å². The lowest BCUT2D eigenvalue weighted by Gasteiger charge is -2.36. The molecule has 2 aromatic carbocycles. The maximum atomic E-state index is 14.2. The molecule has 236 valence electrons. The number of hydrogen-bond acceptors (Lipinski definition) is 7. The van der Waals surface area contributed by atoms with E-state index in [0.717, 1.165) is 41.2 Å². The minimum absolute atomic E-state index is 0.00713. The molecule has 2 aliphatic heterocycles. The Morgan fingerprint density at radius 2 is 2.04 bits per heavy atom. The molecule has 1 atom stereocenters. The van der Waals surface area contributed by atoms with Crippen LogP contribution in [-0.4, -0.2) is 72.6 Å². The van der Waals surface area contributed by atoms with Crippen molar-refractivity contribution >= 4 is 28.8 Å². The molecule has 8 nitrogen and oxygen atoms in total. The van der Waals surface area contributed by atoms with Gasteiger partial charge in [-0.05, 0) is 48.4 Å². The largest absolute Gasteiger partial charge is 0.478 e. The standard InChI is InChI=1S/C35H37ClFN3O5/c1-23-14-30(40(12-13-44-2)33-17-26(35(42)43)7-9-31(23)33)20-39-11-10-24(15-25(19-39)21-41)16-29-4-3-5-34(38-29)45-22-27-6-8-28(36)18-32(27)37/h3-9,14-15,17-18,25,41H,1,10-13,16,19-22H2,2H3,(H,42,43)/t25-/m1/s1. The van der Waals surface area contributed by atoms with E-state index in [2.05, 4.69) is 33.5 Å². The molecule has 0 saturated carbocycles. The molecule has 5 rings (SSSR count). The van der Waals surface area contributed by atoms with E-state index in [9.17, 15) is 19.4 Å². The maximum Gasteiger partial charge on any atom is 0.335 e. The molecule has 1 aromatic heterocycles. The number of aliphatic hydroxyl groups excluding tert-OH is 1. The van der Waals surface area contributed by atoms with E-state index >= 15 is 0 Å². The predicted molar refractivity (Wildman–Crippen MR) is 173 cm³/mol. The summed E-state index contributed by atoms with van der Waals surface area (Å²) in [7, 11) is 1.64. The zero-order valence-corrected chi connectivity index (χ0v) is 26.0. The topological polar surface area (TPSA) is 95.4 Å². The van der Waals surface area contributed by atoms with Crippen LogP contribution >= 0.6 is 11.6 Å². The maximum absolute atomic E-state index is 14.2. The highest BCUT2D eigenvalue weighted by Crippen LogP contribution is 2.36. The van der Waals surface area contributed by atoms with Gasteiger partial charge in [0.1, 0.15) is 12.4 Å². The van der Waals surface area contributed by atoms with Crippen LogP contribution in [0.15, 0.2) is 84.6 Å². The van der Waals surface area contributed by atoms with E-state index < -0.39 is 11.8 Å². The monoisotopic (exact) mass is 633 g/mol. The van der Waals surface area contributed by atoms with Gasteiger partial charge in [0, 0.05) is 84.9 Å². The van der Waals surface area contributed by atoms with Gasteiger partial charge in [0.15, 0.2) is 0 Å². The Morgan fingerprint density at radius 3 is 2.80 bits per heavy atom. The summed E-state index contributed by atoms with van der Waals surface area (Å²) in [4.78, 5) is 20.8. The fourth-order valence-electron chi connectivity index (χ4n) is 5.73. The number of aromatic nitrogens is 1. The summed E-state index contributed by atoms with van der Waals surface area (Å²) < 4.78 is 25.3. The van der Waals surface area contributed by atoms with Crippen LogP contribution in [0.4, 0.5) is 10.1 Å². The number of aromatic carboxylic acids is 1. The van der Waals surface area contributed by atoms with Gasteiger partial charge < -0.3 is 24.6 Å². The number of anilines is 1. The molecular formula is C35H37ClFN3O5. The molecule has 3 heterocycles. The first kappa shape index (κ1) is 32.4. The quantitative estimate of drug-likeness (QED) is 0.235. The number of nitrogens with zero attached hydrogens (tertiary/aromatic N) is 3. The number of rotatable bonds is 12. The van der Waals surface area contributed by atoms with Crippen LogP contribution in [0.3, 0.4) is 0 Å². The van der Waals surface area contributed by atoms with Gasteiger partial charge in [0.2, 0.25) is 5.88 Å². The molecule has 0 spiro atoms. The Hall–Kier alpha value is -4.02. The van der Waals surface area contributed by atoms with E-state index in [0.29, 0.717) is 49.1 Å². The molecule has 0 fully saturated rings. The summed E-state index contributed by atoms with van der Waals surface area (Å²) in [5.74, 6) is -1.07. The second kappa shape index (κ2) is 14.8. The summed E-state index contributed by atoms with van der Waals surface area (Å²) >= 11 is 5.85. The molecule has 0 aliphatic carbocycles. The van der Waals surface area contributed by atoms with E-state index in [-0.39, 0.29) is 24.7 Å². The number of aliphatic hydroxyl groups is 1. The smallest absolute Gasteiger partial charge is 0.335 e. The highest BCUT2D eigenvalue weighted by atomic mass is 35.5. The normalized spacial score (nSPS) is 16.9. The van der Waals surface area contributed by atoms with Gasteiger partial charge >= 0.3 is 5.97 Å². The molecule has 0 radical (unpaired) electrons. The van der Waals surface area contributed by atoms with Crippen molar-refractivity contribution in [2.75, 3.05) is 51.4 Å². The minimum atomic E-state index is -0.981. The Labute approximate surface area is 267 Å². The van der Waals surface area contributed by atoms with Crippen molar-refractivity contribution in [3.63, 3.8) is 0 Å². The van der Waals surface area contributed by atoms with Crippen LogP contribution in [0.25, 0.3) is 5.57 Å². The van der Waals surface area contributed by atoms with Crippen molar-refractivity contribution < 1.29 is 28.9 Å². The van der Waals surface area contributed by atoms with Gasteiger partial charge in [0.25, 0.3) is 0 Å². The van der Waals surface area contributed by atoms with Crippen molar-refractivity contribution in [3.8, 4) is 5.88 Å². The first-order chi connectivity index (χ1) is 21.7. The zero-order valence-electron chi connectivity index (χ0n) is 25.2. The van der Waals surface area contributed by atoms with E-state index in [1.807, 2.05) is 18.2 Å². The molecule has 0 unspecified atom stereocenters. The number of pyridine rings is 1. The van der Waals surface area contributed by atoms with Gasteiger partial charge in [-0.3, -0.25) is 4.90 Å². The fraction of sp³-hybridized carbons (Fsp3) is 0.314. The van der Waals surface area contributed by atoms with E-state index in [4.69, 9.17) is 21.1 Å². The summed E-state index contributed by atoms with van der Waals surface area (Å²) in [6.45, 7) is 7.34. The molecule has 45 heavy (non-hydrogen) atoms. The van der Waals surface area contributed by atoms with Crippen molar-refractivity contribution in [2.24, 2.45) is 5.92 Å². The summed E-state index contributed by atoms with van der Waals surface area (Å²) in [5, 5.41) is 20.2. The Balaban J connectivity index is 1.27. The van der Waals surface area contributed by atoms with Gasteiger partial charge in [-0.2, -0.15) is 0 Å². The number of benzene rings is 2. The number of carboxylic acid groups (broad SMARTS) is 1. The molecular weight excluding hydrogens is 597 g/mol. The molecule has 2 N–H and O–H groups in total. The van der Waals surface area contributed by atoms with E-state index in [1.165, 1.54) is 11.6 Å². The van der Waals surface area contributed by atoms with Gasteiger partial charge in [-0.1, -0.05) is 48.0 Å². The van der Waals surface area contributed by atoms with Crippen LogP contribution in [0, 0.1) is 11.7 Å². The number of carbonyl (C=O) groups is 1. The first-order valence-electron chi connectivity index (χ1n) is 14.8.